The van der Waals surface area contributed by atoms with Crippen LogP contribution in [0.5, 0.6) is 5.88 Å². The van der Waals surface area contributed by atoms with Gasteiger partial charge in [0.15, 0.2) is 5.88 Å². The number of hydrogen-bond donors (Lipinski definition) is 2. The number of fused-ring (bicyclic) bond motifs is 3. The fraction of sp³-hybridized carbons (Fsp3) is 0. The molecule has 0 saturated carbocycles. The van der Waals surface area contributed by atoms with Crippen LogP contribution in [0.1, 0.15) is 21.5 Å². The molecule has 6 heteroatoms. The number of aromatic nitrogens is 1. The second kappa shape index (κ2) is 7.15. The third-order valence-corrected chi connectivity index (χ3v) is 7.29. The Morgan fingerprint density at radius 2 is 1.22 bits per heavy atom. The van der Waals surface area contributed by atoms with E-state index in [-0.39, 0.29) is 11.8 Å². The maximum atomic E-state index is 13.1. The van der Waals surface area contributed by atoms with Gasteiger partial charge in [0, 0.05) is 20.1 Å². The molecule has 0 saturated heterocycles. The SMILES string of the molecule is O=C1N=C(c2ccc(Br)c3ccccc23)c2c(O)[nH]c(-c3ccc(Br)c4ccccc34)c21. The standard InChI is InChI=1S/C26H14Br2N2O2/c27-19-11-9-17(13-5-1-3-7-15(13)19)23-21-22(26(32)29-23)24(30-25(21)31)18-10-12-20(28)16-8-4-2-6-14(16)18/h1-12,29,32H. The van der Waals surface area contributed by atoms with Crippen LogP contribution in [0.15, 0.2) is 86.7 Å². The third-order valence-electron chi connectivity index (χ3n) is 5.91. The number of carbonyl (C=O) groups excluding carboxylic acids is 1. The summed E-state index contributed by atoms with van der Waals surface area (Å²) in [4.78, 5) is 20.6. The monoisotopic (exact) mass is 544 g/mol. The summed E-state index contributed by atoms with van der Waals surface area (Å²) in [5.74, 6) is -0.417. The number of amides is 1. The van der Waals surface area contributed by atoms with Crippen molar-refractivity contribution in [3.05, 3.63) is 98.4 Å². The summed E-state index contributed by atoms with van der Waals surface area (Å²) in [5, 5.41) is 14.9. The lowest BCUT2D eigenvalue weighted by atomic mass is 9.95. The zero-order valence-corrected chi connectivity index (χ0v) is 19.7. The number of H-pyrrole nitrogens is 1. The first-order chi connectivity index (χ1) is 15.5. The lowest BCUT2D eigenvalue weighted by Gasteiger charge is -2.08. The lowest BCUT2D eigenvalue weighted by molar-refractivity contribution is 0.101. The fourth-order valence-corrected chi connectivity index (χ4v) is 5.45. The van der Waals surface area contributed by atoms with Gasteiger partial charge in [0.05, 0.1) is 22.5 Å². The molecule has 0 bridgehead atoms. The van der Waals surface area contributed by atoms with Crippen molar-refractivity contribution >= 4 is 65.0 Å². The van der Waals surface area contributed by atoms with Crippen LogP contribution in [-0.2, 0) is 0 Å². The number of aromatic hydroxyl groups is 1. The van der Waals surface area contributed by atoms with Crippen molar-refractivity contribution in [3.8, 4) is 17.1 Å². The van der Waals surface area contributed by atoms with Crippen LogP contribution in [0, 0.1) is 0 Å². The average molecular weight is 546 g/mol. The highest BCUT2D eigenvalue weighted by atomic mass is 79.9. The van der Waals surface area contributed by atoms with Crippen molar-refractivity contribution in [3.63, 3.8) is 0 Å². The highest BCUT2D eigenvalue weighted by Crippen LogP contribution is 2.42. The molecule has 0 spiro atoms. The van der Waals surface area contributed by atoms with E-state index in [1.807, 2.05) is 72.8 Å². The highest BCUT2D eigenvalue weighted by Gasteiger charge is 2.34. The van der Waals surface area contributed by atoms with Gasteiger partial charge in [-0.3, -0.25) is 4.79 Å². The molecule has 4 nitrogen and oxygen atoms in total. The normalized spacial score (nSPS) is 13.1. The van der Waals surface area contributed by atoms with Crippen LogP contribution < -0.4 is 0 Å². The van der Waals surface area contributed by atoms with Crippen molar-refractivity contribution < 1.29 is 9.90 Å². The second-order valence-electron chi connectivity index (χ2n) is 7.65. The maximum absolute atomic E-state index is 13.1. The number of carbonyl (C=O) groups is 1. The van der Waals surface area contributed by atoms with Crippen molar-refractivity contribution in [2.45, 2.75) is 0 Å². The minimum Gasteiger partial charge on any atom is -0.494 e. The predicted molar refractivity (Wildman–Crippen MR) is 135 cm³/mol. The molecule has 1 aromatic heterocycles. The number of hydrogen-bond acceptors (Lipinski definition) is 2. The van der Waals surface area contributed by atoms with Gasteiger partial charge in [0.1, 0.15) is 0 Å². The Labute approximate surface area is 199 Å². The van der Waals surface area contributed by atoms with Crippen LogP contribution in [0.25, 0.3) is 32.8 Å². The van der Waals surface area contributed by atoms with E-state index in [4.69, 9.17) is 0 Å². The lowest BCUT2D eigenvalue weighted by Crippen LogP contribution is -2.01. The first-order valence-electron chi connectivity index (χ1n) is 9.98. The van der Waals surface area contributed by atoms with E-state index < -0.39 is 0 Å². The number of nitrogens with one attached hydrogen (secondary N) is 1. The Hall–Kier alpha value is -3.22. The molecule has 5 aromatic rings. The summed E-state index contributed by atoms with van der Waals surface area (Å²) in [6.45, 7) is 0. The molecule has 154 valence electrons. The topological polar surface area (TPSA) is 65.4 Å². The summed E-state index contributed by atoms with van der Waals surface area (Å²) >= 11 is 7.19. The minimum absolute atomic E-state index is 0.0569. The Balaban J connectivity index is 1.61. The number of halogens is 2. The molecule has 2 N–H and O–H groups in total. The summed E-state index contributed by atoms with van der Waals surface area (Å²) in [6, 6.07) is 23.6. The molecule has 1 aliphatic rings. The Morgan fingerprint density at radius 1 is 0.688 bits per heavy atom. The van der Waals surface area contributed by atoms with E-state index >= 15 is 0 Å². The molecule has 0 atom stereocenters. The minimum atomic E-state index is -0.361. The summed E-state index contributed by atoms with van der Waals surface area (Å²) < 4.78 is 1.93. The summed E-state index contributed by atoms with van der Waals surface area (Å²) in [6.07, 6.45) is 0. The van der Waals surface area contributed by atoms with E-state index in [0.717, 1.165) is 41.6 Å². The molecule has 4 aromatic carbocycles. The molecular formula is C26H14Br2N2O2. The zero-order valence-electron chi connectivity index (χ0n) is 16.5. The number of nitrogens with zero attached hydrogens (tertiary/aromatic N) is 1. The van der Waals surface area contributed by atoms with Gasteiger partial charge in [-0.2, -0.15) is 0 Å². The van der Waals surface area contributed by atoms with Crippen LogP contribution in [0.4, 0.5) is 0 Å². The smallest absolute Gasteiger partial charge is 0.280 e. The van der Waals surface area contributed by atoms with Crippen molar-refractivity contribution in [1.29, 1.82) is 0 Å². The molecule has 1 amide bonds. The molecule has 1 aliphatic heterocycles. The molecule has 0 unspecified atom stereocenters. The van der Waals surface area contributed by atoms with E-state index in [9.17, 15) is 9.90 Å². The van der Waals surface area contributed by atoms with Gasteiger partial charge in [-0.1, -0.05) is 92.5 Å². The average Bonchev–Trinajstić information content (AvgIpc) is 3.33. The van der Waals surface area contributed by atoms with Crippen molar-refractivity contribution in [2.24, 2.45) is 4.99 Å². The molecule has 0 aliphatic carbocycles. The molecule has 6 rings (SSSR count). The maximum Gasteiger partial charge on any atom is 0.280 e. The quantitative estimate of drug-likeness (QED) is 0.246. The van der Waals surface area contributed by atoms with Gasteiger partial charge < -0.3 is 10.1 Å². The Bertz CT molecular complexity index is 1630. The molecule has 0 fully saturated rings. The molecular weight excluding hydrogens is 532 g/mol. The van der Waals surface area contributed by atoms with Crippen molar-refractivity contribution in [2.75, 3.05) is 0 Å². The van der Waals surface area contributed by atoms with Gasteiger partial charge in [0.2, 0.25) is 0 Å². The van der Waals surface area contributed by atoms with Crippen LogP contribution in [0.3, 0.4) is 0 Å². The second-order valence-corrected chi connectivity index (χ2v) is 9.35. The first kappa shape index (κ1) is 19.5. The predicted octanol–water partition coefficient (Wildman–Crippen LogP) is 7.21. The summed E-state index contributed by atoms with van der Waals surface area (Å²) in [7, 11) is 0. The molecule has 32 heavy (non-hydrogen) atoms. The number of rotatable bonds is 2. The number of aromatic amines is 1. The Morgan fingerprint density at radius 3 is 1.84 bits per heavy atom. The van der Waals surface area contributed by atoms with Gasteiger partial charge in [-0.05, 0) is 33.7 Å². The highest BCUT2D eigenvalue weighted by molar-refractivity contribution is 9.11. The van der Waals surface area contributed by atoms with Gasteiger partial charge in [-0.25, -0.2) is 4.99 Å². The van der Waals surface area contributed by atoms with Gasteiger partial charge in [0.25, 0.3) is 5.91 Å². The first-order valence-corrected chi connectivity index (χ1v) is 11.6. The number of aliphatic imine (C=N–C) groups is 1. The van der Waals surface area contributed by atoms with E-state index in [1.54, 1.807) is 0 Å². The van der Waals surface area contributed by atoms with Crippen LogP contribution in [-0.4, -0.2) is 21.7 Å². The van der Waals surface area contributed by atoms with E-state index in [2.05, 4.69) is 41.8 Å². The van der Waals surface area contributed by atoms with Gasteiger partial charge in [-0.15, -0.1) is 0 Å². The fourth-order valence-electron chi connectivity index (χ4n) is 4.49. The summed E-state index contributed by atoms with van der Waals surface area (Å²) in [5.41, 5.74) is 3.55. The largest absolute Gasteiger partial charge is 0.494 e. The third kappa shape index (κ3) is 2.73. The van der Waals surface area contributed by atoms with E-state index in [0.29, 0.717) is 22.5 Å². The molecule has 0 radical (unpaired) electrons. The van der Waals surface area contributed by atoms with Crippen molar-refractivity contribution in [1.82, 2.24) is 4.98 Å². The van der Waals surface area contributed by atoms with Crippen LogP contribution >= 0.6 is 31.9 Å². The van der Waals surface area contributed by atoms with Gasteiger partial charge >= 0.3 is 0 Å². The van der Waals surface area contributed by atoms with E-state index in [1.165, 1.54) is 0 Å². The van der Waals surface area contributed by atoms with Crippen LogP contribution in [0.2, 0.25) is 0 Å². The number of benzene rings is 4. The molecule has 2 heterocycles. The zero-order chi connectivity index (χ0) is 22.0. The Kier molecular flexibility index (Phi) is 4.35.